The van der Waals surface area contributed by atoms with E-state index < -0.39 is 36.6 Å². The Hall–Kier alpha value is -3.21. The molecule has 14 nitrogen and oxygen atoms in total. The molecule has 1 unspecified atom stereocenters. The van der Waals surface area contributed by atoms with Gasteiger partial charge in [0, 0.05) is 44.2 Å². The molecule has 16 heteroatoms. The van der Waals surface area contributed by atoms with Gasteiger partial charge in [-0.05, 0) is 42.0 Å². The standard InChI is InChI=1S/C25H33ClN8O6S/c1-33(2)14-5-3-4-13(10-14)22(37)29-8-7-28-20-17-21(32-25(26)31-20)34(12-30-17)23-19(36)18(35)16(40-23)11-41-9-6-15(27)24(38)39/h3-5,10,12,15-16,18-19,23,35-36H,6-9,11,27H2,1-2H3,(H,29,37)(H,38,39)(H,28,31,32)/t15?,16-,18+,19-,23-/m1/s1. The van der Waals surface area contributed by atoms with Gasteiger partial charge in [0.15, 0.2) is 23.2 Å². The van der Waals surface area contributed by atoms with Crippen molar-refractivity contribution in [3.05, 3.63) is 41.4 Å². The lowest BCUT2D eigenvalue weighted by Crippen LogP contribution is -2.33. The van der Waals surface area contributed by atoms with Crippen LogP contribution in [0.15, 0.2) is 30.6 Å². The van der Waals surface area contributed by atoms with Gasteiger partial charge in [0.25, 0.3) is 5.91 Å². The van der Waals surface area contributed by atoms with Crippen LogP contribution in [-0.2, 0) is 9.53 Å². The van der Waals surface area contributed by atoms with Gasteiger partial charge < -0.3 is 41.3 Å². The number of nitrogens with two attached hydrogens (primary N) is 1. The third kappa shape index (κ3) is 7.36. The summed E-state index contributed by atoms with van der Waals surface area (Å²) in [6.07, 6.45) is -2.48. The van der Waals surface area contributed by atoms with Crippen LogP contribution in [0.1, 0.15) is 23.0 Å². The Balaban J connectivity index is 1.37. The van der Waals surface area contributed by atoms with E-state index in [4.69, 9.17) is 27.2 Å². The van der Waals surface area contributed by atoms with Crippen molar-refractivity contribution in [3.63, 3.8) is 0 Å². The molecule has 7 N–H and O–H groups in total. The zero-order chi connectivity index (χ0) is 29.7. The highest BCUT2D eigenvalue weighted by molar-refractivity contribution is 7.99. The van der Waals surface area contributed by atoms with Gasteiger partial charge >= 0.3 is 5.97 Å². The second-order valence-electron chi connectivity index (χ2n) is 9.65. The number of ether oxygens (including phenoxy) is 1. The smallest absolute Gasteiger partial charge is 0.320 e. The first-order chi connectivity index (χ1) is 19.6. The molecule has 0 saturated carbocycles. The van der Waals surface area contributed by atoms with E-state index in [-0.39, 0.29) is 23.3 Å². The minimum atomic E-state index is -1.27. The molecule has 0 spiro atoms. The van der Waals surface area contributed by atoms with E-state index in [0.29, 0.717) is 41.5 Å². The number of benzene rings is 1. The molecule has 1 aliphatic heterocycles. The number of aliphatic carboxylic acids is 1. The van der Waals surface area contributed by atoms with Crippen LogP contribution in [0, 0.1) is 0 Å². The first-order valence-electron chi connectivity index (χ1n) is 12.8. The van der Waals surface area contributed by atoms with E-state index in [1.54, 1.807) is 12.1 Å². The summed E-state index contributed by atoms with van der Waals surface area (Å²) in [5, 5.41) is 36.1. The van der Waals surface area contributed by atoms with Crippen LogP contribution in [0.2, 0.25) is 5.28 Å². The number of imidazole rings is 1. The maximum absolute atomic E-state index is 12.6. The molecule has 1 saturated heterocycles. The van der Waals surface area contributed by atoms with Crippen molar-refractivity contribution in [1.82, 2.24) is 24.8 Å². The molecule has 1 fully saturated rings. The number of aliphatic hydroxyl groups excluding tert-OH is 2. The normalized spacial score (nSPS) is 21.1. The summed E-state index contributed by atoms with van der Waals surface area (Å²) in [5.41, 5.74) is 7.63. The minimum Gasteiger partial charge on any atom is -0.480 e. The summed E-state index contributed by atoms with van der Waals surface area (Å²) in [4.78, 5) is 38.2. The van der Waals surface area contributed by atoms with Crippen LogP contribution in [0.4, 0.5) is 11.5 Å². The molecule has 0 radical (unpaired) electrons. The minimum absolute atomic E-state index is 0.0683. The Kier molecular flexibility index (Phi) is 10.2. The van der Waals surface area contributed by atoms with E-state index in [1.807, 2.05) is 31.1 Å². The molecular formula is C25H33ClN8O6S. The van der Waals surface area contributed by atoms with Crippen LogP contribution in [-0.4, -0.2) is 110 Å². The maximum atomic E-state index is 12.6. The number of anilines is 2. The number of aliphatic hydroxyl groups is 2. The number of carbonyl (C=O) groups excluding carboxylic acids is 1. The largest absolute Gasteiger partial charge is 0.480 e. The Labute approximate surface area is 245 Å². The SMILES string of the molecule is CN(C)c1cccc(C(=O)NCCNc2nc(Cl)nc3c2ncn3[C@@H]2O[C@H](CSCCC(N)C(=O)O)[C@H](O)[C@H]2O)c1. The lowest BCUT2D eigenvalue weighted by Gasteiger charge is -2.17. The first kappa shape index (κ1) is 30.7. The first-order valence-corrected chi connectivity index (χ1v) is 14.4. The molecule has 0 aliphatic carbocycles. The van der Waals surface area contributed by atoms with Gasteiger partial charge in [-0.2, -0.15) is 21.7 Å². The molecule has 1 aliphatic rings. The van der Waals surface area contributed by atoms with Crippen molar-refractivity contribution < 1.29 is 29.6 Å². The summed E-state index contributed by atoms with van der Waals surface area (Å²) >= 11 is 7.55. The fraction of sp³-hybridized carbons (Fsp3) is 0.480. The summed E-state index contributed by atoms with van der Waals surface area (Å²) in [6.45, 7) is 0.614. The Morgan fingerprint density at radius 3 is 2.76 bits per heavy atom. The maximum Gasteiger partial charge on any atom is 0.320 e. The van der Waals surface area contributed by atoms with E-state index in [1.165, 1.54) is 22.7 Å². The van der Waals surface area contributed by atoms with Crippen LogP contribution in [0.25, 0.3) is 11.2 Å². The Morgan fingerprint density at radius 1 is 1.24 bits per heavy atom. The lowest BCUT2D eigenvalue weighted by atomic mass is 10.1. The number of halogens is 1. The number of carbonyl (C=O) groups is 2. The van der Waals surface area contributed by atoms with Gasteiger partial charge in [0.2, 0.25) is 5.28 Å². The number of nitrogens with one attached hydrogen (secondary N) is 2. The second kappa shape index (κ2) is 13.6. The van der Waals surface area contributed by atoms with E-state index in [2.05, 4.69) is 25.6 Å². The summed E-state index contributed by atoms with van der Waals surface area (Å²) < 4.78 is 7.42. The van der Waals surface area contributed by atoms with Gasteiger partial charge in [0.05, 0.1) is 12.4 Å². The number of nitrogens with zero attached hydrogens (tertiary/aromatic N) is 5. The van der Waals surface area contributed by atoms with Gasteiger partial charge in [0.1, 0.15) is 18.2 Å². The molecule has 1 aromatic carbocycles. The highest BCUT2D eigenvalue weighted by Crippen LogP contribution is 2.34. The molecule has 2 aromatic heterocycles. The van der Waals surface area contributed by atoms with E-state index in [0.717, 1.165) is 5.69 Å². The monoisotopic (exact) mass is 608 g/mol. The van der Waals surface area contributed by atoms with Crippen molar-refractivity contribution >= 4 is 57.9 Å². The van der Waals surface area contributed by atoms with Gasteiger partial charge in [-0.3, -0.25) is 14.2 Å². The molecule has 0 bridgehead atoms. The van der Waals surface area contributed by atoms with Gasteiger partial charge in [-0.1, -0.05) is 6.07 Å². The number of amides is 1. The Bertz CT molecular complexity index is 1380. The van der Waals surface area contributed by atoms with Crippen molar-refractivity contribution in [3.8, 4) is 0 Å². The number of aromatic nitrogens is 4. The number of fused-ring (bicyclic) bond motifs is 1. The lowest BCUT2D eigenvalue weighted by molar-refractivity contribution is -0.138. The number of thioether (sulfide) groups is 1. The zero-order valence-electron chi connectivity index (χ0n) is 22.5. The number of hydrogen-bond donors (Lipinski definition) is 6. The quantitative estimate of drug-likeness (QED) is 0.116. The third-order valence-electron chi connectivity index (χ3n) is 6.51. The Morgan fingerprint density at radius 2 is 2.02 bits per heavy atom. The molecule has 3 aromatic rings. The molecule has 1 amide bonds. The topological polar surface area (TPSA) is 201 Å². The number of carboxylic acid groups (broad SMARTS) is 1. The van der Waals surface area contributed by atoms with E-state index >= 15 is 0 Å². The van der Waals surface area contributed by atoms with Crippen LogP contribution >= 0.6 is 23.4 Å². The van der Waals surface area contributed by atoms with Crippen molar-refractivity contribution in [2.75, 3.05) is 48.9 Å². The van der Waals surface area contributed by atoms with Gasteiger partial charge in [-0.25, -0.2) is 4.98 Å². The predicted octanol–water partition coefficient (Wildman–Crippen LogP) is 0.542. The molecular weight excluding hydrogens is 576 g/mol. The number of carboxylic acids is 1. The van der Waals surface area contributed by atoms with Crippen LogP contribution in [0.3, 0.4) is 0 Å². The number of hydrogen-bond acceptors (Lipinski definition) is 12. The van der Waals surface area contributed by atoms with Crippen molar-refractivity contribution in [1.29, 1.82) is 0 Å². The molecule has 4 rings (SSSR count). The molecule has 222 valence electrons. The summed E-state index contributed by atoms with van der Waals surface area (Å²) in [5.74, 6) is -0.182. The summed E-state index contributed by atoms with van der Waals surface area (Å²) in [6, 6.07) is 6.32. The van der Waals surface area contributed by atoms with Crippen LogP contribution < -0.4 is 21.3 Å². The third-order valence-corrected chi connectivity index (χ3v) is 7.76. The highest BCUT2D eigenvalue weighted by Gasteiger charge is 2.44. The average molecular weight is 609 g/mol. The van der Waals surface area contributed by atoms with Gasteiger partial charge in [-0.15, -0.1) is 0 Å². The fourth-order valence-electron chi connectivity index (χ4n) is 4.21. The predicted molar refractivity (Wildman–Crippen MR) is 155 cm³/mol. The fourth-order valence-corrected chi connectivity index (χ4v) is 5.47. The van der Waals surface area contributed by atoms with E-state index in [9.17, 15) is 19.8 Å². The summed E-state index contributed by atoms with van der Waals surface area (Å²) in [7, 11) is 3.80. The molecule has 5 atom stereocenters. The van der Waals surface area contributed by atoms with Crippen LogP contribution in [0.5, 0.6) is 0 Å². The zero-order valence-corrected chi connectivity index (χ0v) is 24.0. The second-order valence-corrected chi connectivity index (χ2v) is 11.1. The van der Waals surface area contributed by atoms with Crippen molar-refractivity contribution in [2.24, 2.45) is 5.73 Å². The molecule has 41 heavy (non-hydrogen) atoms. The van der Waals surface area contributed by atoms with Crippen molar-refractivity contribution in [2.45, 2.75) is 37.0 Å². The molecule has 3 heterocycles. The number of rotatable bonds is 13. The highest BCUT2D eigenvalue weighted by atomic mass is 35.5. The average Bonchev–Trinajstić information content (AvgIpc) is 3.48.